The van der Waals surface area contributed by atoms with Gasteiger partial charge in [-0.25, -0.2) is 4.68 Å². The second kappa shape index (κ2) is 9.99. The van der Waals surface area contributed by atoms with E-state index in [9.17, 15) is 0 Å². The number of rotatable bonds is 6. The van der Waals surface area contributed by atoms with Crippen molar-refractivity contribution in [3.63, 3.8) is 0 Å². The van der Waals surface area contributed by atoms with Gasteiger partial charge in [0.1, 0.15) is 5.69 Å². The molecule has 30 heavy (non-hydrogen) atoms. The molecule has 1 fully saturated rings. The summed E-state index contributed by atoms with van der Waals surface area (Å²) in [6, 6.07) is 5.95. The molecule has 1 N–H and O–H groups in total. The van der Waals surface area contributed by atoms with E-state index in [-0.39, 0.29) is 6.10 Å². The van der Waals surface area contributed by atoms with E-state index >= 15 is 0 Å². The maximum Gasteiger partial charge on any atom is 0.131 e. The second-order valence-corrected chi connectivity index (χ2v) is 7.30. The van der Waals surface area contributed by atoms with Gasteiger partial charge in [-0.3, -0.25) is 9.97 Å². The van der Waals surface area contributed by atoms with Crippen molar-refractivity contribution < 1.29 is 4.74 Å². The molecule has 0 unspecified atom stereocenters. The quantitative estimate of drug-likeness (QED) is 0.637. The average molecular weight is 403 g/mol. The largest absolute Gasteiger partial charge is 0.376 e. The van der Waals surface area contributed by atoms with Gasteiger partial charge in [-0.15, -0.1) is 5.10 Å². The molecular formula is C23H26N6O. The molecule has 4 heterocycles. The molecule has 7 nitrogen and oxygen atoms in total. The van der Waals surface area contributed by atoms with Crippen LogP contribution in [0.3, 0.4) is 0 Å². The van der Waals surface area contributed by atoms with Gasteiger partial charge in [0.25, 0.3) is 0 Å². The number of hydrogen-bond acceptors (Lipinski definition) is 6. The molecule has 3 aromatic rings. The summed E-state index contributed by atoms with van der Waals surface area (Å²) in [5.41, 5.74) is 4.62. The topological polar surface area (TPSA) is 77.8 Å². The Bertz CT molecular complexity index is 1010. The molecular weight excluding hydrogens is 376 g/mol. The third-order valence-corrected chi connectivity index (χ3v) is 5.07. The minimum atomic E-state index is 0.227. The van der Waals surface area contributed by atoms with Gasteiger partial charge < -0.3 is 10.1 Å². The predicted molar refractivity (Wildman–Crippen MR) is 116 cm³/mol. The third kappa shape index (κ3) is 5.22. The van der Waals surface area contributed by atoms with E-state index in [1.807, 2.05) is 23.0 Å². The smallest absolute Gasteiger partial charge is 0.131 e. The molecule has 0 aliphatic carbocycles. The van der Waals surface area contributed by atoms with Crippen LogP contribution in [0.5, 0.6) is 0 Å². The monoisotopic (exact) mass is 402 g/mol. The first kappa shape index (κ1) is 20.0. The fraction of sp³-hybridized carbons (Fsp3) is 0.391. The summed E-state index contributed by atoms with van der Waals surface area (Å²) in [6.45, 7) is 4.24. The molecule has 4 rings (SSSR count). The van der Waals surface area contributed by atoms with Gasteiger partial charge in [0, 0.05) is 30.8 Å². The van der Waals surface area contributed by atoms with Gasteiger partial charge in [0.15, 0.2) is 0 Å². The molecule has 0 radical (unpaired) electrons. The number of aromatic nitrogens is 5. The molecule has 1 atom stereocenters. The van der Waals surface area contributed by atoms with Crippen molar-refractivity contribution in [1.29, 1.82) is 0 Å². The Morgan fingerprint density at radius 3 is 3.07 bits per heavy atom. The summed E-state index contributed by atoms with van der Waals surface area (Å²) in [6.07, 6.45) is 11.8. The first-order chi connectivity index (χ1) is 14.8. The molecule has 0 saturated carbocycles. The summed E-state index contributed by atoms with van der Waals surface area (Å²) < 4.78 is 7.67. The fourth-order valence-corrected chi connectivity index (χ4v) is 3.49. The molecule has 1 aliphatic rings. The fourth-order valence-electron chi connectivity index (χ4n) is 3.49. The third-order valence-electron chi connectivity index (χ3n) is 5.07. The van der Waals surface area contributed by atoms with Crippen molar-refractivity contribution in [2.75, 3.05) is 18.5 Å². The van der Waals surface area contributed by atoms with Gasteiger partial charge in [0.05, 0.1) is 36.8 Å². The van der Waals surface area contributed by atoms with Gasteiger partial charge in [0.2, 0.25) is 0 Å². The molecule has 1 saturated heterocycles. The van der Waals surface area contributed by atoms with Crippen LogP contribution in [0.2, 0.25) is 0 Å². The second-order valence-electron chi connectivity index (χ2n) is 7.30. The minimum Gasteiger partial charge on any atom is -0.376 e. The highest BCUT2D eigenvalue weighted by molar-refractivity contribution is 5.59. The molecule has 0 amide bonds. The Morgan fingerprint density at radius 1 is 1.30 bits per heavy atom. The Balaban J connectivity index is 1.42. The van der Waals surface area contributed by atoms with Crippen molar-refractivity contribution >= 4 is 5.69 Å². The number of aryl methyl sites for hydroxylation is 1. The van der Waals surface area contributed by atoms with Gasteiger partial charge in [-0.2, -0.15) is 0 Å². The molecule has 3 aromatic heterocycles. The molecule has 1 aliphatic heterocycles. The van der Waals surface area contributed by atoms with Crippen LogP contribution < -0.4 is 5.32 Å². The van der Waals surface area contributed by atoms with Crippen molar-refractivity contribution in [2.24, 2.45) is 0 Å². The van der Waals surface area contributed by atoms with Gasteiger partial charge in [-0.05, 0) is 49.4 Å². The van der Waals surface area contributed by atoms with Crippen molar-refractivity contribution in [1.82, 2.24) is 25.0 Å². The summed E-state index contributed by atoms with van der Waals surface area (Å²) in [5.74, 6) is 6.31. The average Bonchev–Trinajstić information content (AvgIpc) is 3.26. The van der Waals surface area contributed by atoms with E-state index in [0.29, 0.717) is 6.54 Å². The van der Waals surface area contributed by atoms with Crippen LogP contribution >= 0.6 is 0 Å². The number of nitrogens with one attached hydrogen (secondary N) is 1. The number of ether oxygens (including phenoxy) is 1. The lowest BCUT2D eigenvalue weighted by Crippen LogP contribution is -2.24. The Labute approximate surface area is 176 Å². The van der Waals surface area contributed by atoms with Crippen molar-refractivity contribution in [2.45, 2.75) is 45.3 Å². The number of anilines is 1. The molecule has 0 spiro atoms. The molecule has 0 aromatic carbocycles. The van der Waals surface area contributed by atoms with Crippen molar-refractivity contribution in [3.05, 3.63) is 54.1 Å². The SMILES string of the molecule is CCc1cc(C#CCNc2cccnc2)cnc1-c1cn(C[C@H]2CCCCO2)nn1. The normalized spacial score (nSPS) is 16.0. The molecule has 0 bridgehead atoms. The maximum absolute atomic E-state index is 5.80. The van der Waals surface area contributed by atoms with Crippen LogP contribution in [-0.4, -0.2) is 44.2 Å². The zero-order chi connectivity index (χ0) is 20.6. The van der Waals surface area contributed by atoms with Crippen molar-refractivity contribution in [3.8, 4) is 23.2 Å². The predicted octanol–water partition coefficient (Wildman–Crippen LogP) is 3.33. The van der Waals surface area contributed by atoms with Crippen LogP contribution in [0.4, 0.5) is 5.69 Å². The van der Waals surface area contributed by atoms with E-state index in [1.54, 1.807) is 18.6 Å². The van der Waals surface area contributed by atoms with Crippen LogP contribution in [0.15, 0.2) is 43.0 Å². The minimum absolute atomic E-state index is 0.227. The summed E-state index contributed by atoms with van der Waals surface area (Å²) in [4.78, 5) is 8.71. The molecule has 7 heteroatoms. The highest BCUT2D eigenvalue weighted by Gasteiger charge is 2.16. The number of nitrogens with zero attached hydrogens (tertiary/aromatic N) is 5. The van der Waals surface area contributed by atoms with E-state index in [1.165, 1.54) is 6.42 Å². The highest BCUT2D eigenvalue weighted by atomic mass is 16.5. The van der Waals surface area contributed by atoms with E-state index in [2.05, 4.69) is 50.4 Å². The number of hydrogen-bond donors (Lipinski definition) is 1. The standard InChI is InChI=1S/C23H26N6O/c1-2-19-13-18(7-5-11-25-20-8-6-10-24-15-20)14-26-23(19)22-17-29(28-27-22)16-21-9-3-4-12-30-21/h6,8,10,13-15,17,21,25H,2-4,9,11-12,16H2,1H3/t21-/m1/s1. The van der Waals surface area contributed by atoms with Crippen LogP contribution in [0.25, 0.3) is 11.4 Å². The van der Waals surface area contributed by atoms with Gasteiger partial charge in [-0.1, -0.05) is 24.0 Å². The Kier molecular flexibility index (Phi) is 6.68. The lowest BCUT2D eigenvalue weighted by Gasteiger charge is -2.21. The maximum atomic E-state index is 5.80. The van der Waals surface area contributed by atoms with Crippen LogP contribution in [-0.2, 0) is 17.7 Å². The first-order valence-electron chi connectivity index (χ1n) is 10.5. The van der Waals surface area contributed by atoms with Gasteiger partial charge >= 0.3 is 0 Å². The summed E-state index contributed by atoms with van der Waals surface area (Å²) in [7, 11) is 0. The van der Waals surface area contributed by atoms with E-state index in [0.717, 1.165) is 60.6 Å². The summed E-state index contributed by atoms with van der Waals surface area (Å²) in [5, 5.41) is 11.9. The zero-order valence-electron chi connectivity index (χ0n) is 17.2. The van der Waals surface area contributed by atoms with E-state index in [4.69, 9.17) is 4.74 Å². The van der Waals surface area contributed by atoms with E-state index < -0.39 is 0 Å². The highest BCUT2D eigenvalue weighted by Crippen LogP contribution is 2.21. The number of pyridine rings is 2. The zero-order valence-corrected chi connectivity index (χ0v) is 17.2. The molecule has 154 valence electrons. The van der Waals surface area contributed by atoms with Crippen LogP contribution in [0.1, 0.15) is 37.3 Å². The Morgan fingerprint density at radius 2 is 2.27 bits per heavy atom. The van der Waals surface area contributed by atoms with Crippen LogP contribution in [0, 0.1) is 11.8 Å². The Hall–Kier alpha value is -3.24. The lowest BCUT2D eigenvalue weighted by molar-refractivity contribution is 0.00370. The summed E-state index contributed by atoms with van der Waals surface area (Å²) >= 11 is 0. The lowest BCUT2D eigenvalue weighted by atomic mass is 10.1. The first-order valence-corrected chi connectivity index (χ1v) is 10.5.